The lowest BCUT2D eigenvalue weighted by atomic mass is 10.3. The average Bonchev–Trinajstić information content (AvgIpc) is 1.97. The Morgan fingerprint density at radius 3 is 2.64 bits per heavy atom. The van der Waals surface area contributed by atoms with E-state index >= 15 is 0 Å². The fraction of sp³-hybridized carbons (Fsp3) is 0.167. The van der Waals surface area contributed by atoms with Crippen LogP contribution in [0.3, 0.4) is 0 Å². The third-order valence-corrected chi connectivity index (χ3v) is 0.808. The van der Waals surface area contributed by atoms with Crippen LogP contribution in [-0.4, -0.2) is 17.2 Å². The van der Waals surface area contributed by atoms with Crippen molar-refractivity contribution in [1.29, 1.82) is 5.41 Å². The van der Waals surface area contributed by atoms with E-state index in [0.717, 1.165) is 5.67 Å². The smallest absolute Gasteiger partial charge is 0.146 e. The number of hydrogen-bond donors (Lipinski definition) is 2. The minimum Gasteiger partial charge on any atom is -0.382 e. The highest BCUT2D eigenvalue weighted by molar-refractivity contribution is 6.56. The molecule has 4 nitrogen and oxygen atoms in total. The Labute approximate surface area is 70.0 Å². The monoisotopic (exact) mass is 172 g/mol. The highest BCUT2D eigenvalue weighted by Gasteiger charge is 1.81. The summed E-state index contributed by atoms with van der Waals surface area (Å²) in [5, 5.41) is 13.8. The van der Waals surface area contributed by atoms with Gasteiger partial charge in [0, 0.05) is 5.71 Å². The van der Waals surface area contributed by atoms with Gasteiger partial charge in [-0.3, -0.25) is 0 Å². The second kappa shape index (κ2) is 5.61. The predicted molar refractivity (Wildman–Crippen MR) is 48.5 cm³/mol. The molecule has 0 saturated carbocycles. The third kappa shape index (κ3) is 6.73. The molecule has 0 aliphatic carbocycles. The van der Waals surface area contributed by atoms with Gasteiger partial charge in [0.25, 0.3) is 0 Å². The zero-order valence-electron chi connectivity index (χ0n) is 6.08. The van der Waals surface area contributed by atoms with Crippen LogP contribution in [0.25, 0.3) is 0 Å². The maximum absolute atomic E-state index is 7.00. The van der Waals surface area contributed by atoms with Gasteiger partial charge in [-0.25, -0.2) is 0 Å². The van der Waals surface area contributed by atoms with E-state index in [4.69, 9.17) is 22.7 Å². The summed E-state index contributed by atoms with van der Waals surface area (Å²) in [5.41, 5.74) is 6.71. The zero-order chi connectivity index (χ0) is 8.69. The van der Waals surface area contributed by atoms with Crippen LogP contribution in [0, 0.1) is 5.41 Å². The van der Waals surface area contributed by atoms with Gasteiger partial charge in [0.15, 0.2) is 0 Å². The van der Waals surface area contributed by atoms with Crippen molar-refractivity contribution >= 4 is 28.8 Å². The van der Waals surface area contributed by atoms with E-state index in [0.29, 0.717) is 5.71 Å². The number of rotatable bonds is 3. The first kappa shape index (κ1) is 9.84. The molecule has 0 saturated heterocycles. The van der Waals surface area contributed by atoms with E-state index in [-0.39, 0.29) is 5.84 Å². The fourth-order valence-electron chi connectivity index (χ4n) is 0.332. The Morgan fingerprint density at radius 1 is 1.55 bits per heavy atom. The third-order valence-electron chi connectivity index (χ3n) is 0.721. The summed E-state index contributed by atoms with van der Waals surface area (Å²) in [6, 6.07) is 0. The second-order valence-corrected chi connectivity index (χ2v) is 1.95. The van der Waals surface area contributed by atoms with Gasteiger partial charge in [-0.15, -0.1) is 10.2 Å². The number of nitrogens with zero attached hydrogens (tertiary/aromatic N) is 2. The van der Waals surface area contributed by atoms with E-state index in [1.807, 2.05) is 0 Å². The van der Waals surface area contributed by atoms with Crippen molar-refractivity contribution in [2.24, 2.45) is 15.9 Å². The summed E-state index contributed by atoms with van der Waals surface area (Å²) in [5.74, 6) is 0.216. The van der Waals surface area contributed by atoms with Crippen LogP contribution >= 0.6 is 11.6 Å². The van der Waals surface area contributed by atoms with Crippen molar-refractivity contribution in [3.63, 3.8) is 0 Å². The van der Waals surface area contributed by atoms with Crippen LogP contribution in [0.5, 0.6) is 0 Å². The quantitative estimate of drug-likeness (QED) is 0.374. The summed E-state index contributed by atoms with van der Waals surface area (Å²) in [6.07, 6.45) is 2.99. The summed E-state index contributed by atoms with van der Waals surface area (Å²) in [6.45, 7) is 1.63. The molecule has 60 valence electrons. The Kier molecular flexibility index (Phi) is 5.02. The van der Waals surface area contributed by atoms with Crippen LogP contribution in [-0.2, 0) is 0 Å². The van der Waals surface area contributed by atoms with Gasteiger partial charge < -0.3 is 11.1 Å². The maximum atomic E-state index is 7.00. The number of hydrogen-bond acceptors (Lipinski definition) is 3. The molecule has 0 aliphatic rings. The molecular weight excluding hydrogens is 164 g/mol. The van der Waals surface area contributed by atoms with Crippen molar-refractivity contribution in [2.45, 2.75) is 6.92 Å². The highest BCUT2D eigenvalue weighted by atomic mass is 35.5. The minimum absolute atomic E-state index is 0.216. The Morgan fingerprint density at radius 2 is 2.18 bits per heavy atom. The van der Waals surface area contributed by atoms with E-state index in [1.54, 1.807) is 6.92 Å². The van der Waals surface area contributed by atoms with Crippen LogP contribution in [0.2, 0.25) is 0 Å². The van der Waals surface area contributed by atoms with Crippen molar-refractivity contribution in [2.75, 3.05) is 0 Å². The van der Waals surface area contributed by atoms with Crippen molar-refractivity contribution in [1.82, 2.24) is 0 Å². The lowest BCUT2D eigenvalue weighted by Crippen LogP contribution is -2.07. The molecule has 0 aliphatic heterocycles. The molecule has 0 fully saturated rings. The first-order valence-corrected chi connectivity index (χ1v) is 3.29. The molecule has 0 heterocycles. The molecular formula is C6H9ClN4. The van der Waals surface area contributed by atoms with E-state index < -0.39 is 0 Å². The molecule has 0 spiro atoms. The molecule has 0 aromatic carbocycles. The molecule has 11 heavy (non-hydrogen) atoms. The lowest BCUT2D eigenvalue weighted by Gasteiger charge is -1.85. The van der Waals surface area contributed by atoms with Gasteiger partial charge in [0.1, 0.15) is 11.5 Å². The molecule has 0 amide bonds. The summed E-state index contributed by atoms with van der Waals surface area (Å²) in [7, 11) is 0. The topological polar surface area (TPSA) is 74.6 Å². The van der Waals surface area contributed by atoms with E-state index in [9.17, 15) is 0 Å². The van der Waals surface area contributed by atoms with E-state index in [2.05, 4.69) is 10.2 Å². The molecule has 0 unspecified atom stereocenters. The average molecular weight is 173 g/mol. The van der Waals surface area contributed by atoms with Crippen molar-refractivity contribution in [3.8, 4) is 0 Å². The van der Waals surface area contributed by atoms with E-state index in [1.165, 1.54) is 12.2 Å². The first-order valence-electron chi connectivity index (χ1n) is 2.85. The molecule has 0 atom stereocenters. The SMILES string of the molecule is CC(=N)/C=C\C(N)=NN=CCl. The van der Waals surface area contributed by atoms with Crippen LogP contribution in [0.4, 0.5) is 0 Å². The number of nitrogens with two attached hydrogens (primary N) is 1. The largest absolute Gasteiger partial charge is 0.382 e. The molecule has 0 rings (SSSR count). The second-order valence-electron chi connectivity index (χ2n) is 1.75. The maximum Gasteiger partial charge on any atom is 0.146 e. The summed E-state index contributed by atoms with van der Waals surface area (Å²) < 4.78 is 0. The van der Waals surface area contributed by atoms with Crippen LogP contribution in [0.1, 0.15) is 6.92 Å². The minimum atomic E-state index is 0.216. The first-order chi connectivity index (χ1) is 5.16. The Balaban J connectivity index is 4.05. The van der Waals surface area contributed by atoms with Crippen molar-refractivity contribution in [3.05, 3.63) is 12.2 Å². The molecule has 0 aromatic rings. The van der Waals surface area contributed by atoms with Gasteiger partial charge in [0.2, 0.25) is 0 Å². The number of halogens is 1. The van der Waals surface area contributed by atoms with Gasteiger partial charge >= 0.3 is 0 Å². The number of allylic oxidation sites excluding steroid dienone is 1. The number of amidine groups is 1. The molecule has 5 heteroatoms. The highest BCUT2D eigenvalue weighted by Crippen LogP contribution is 1.79. The van der Waals surface area contributed by atoms with Gasteiger partial charge in [0.05, 0.1) is 0 Å². The van der Waals surface area contributed by atoms with Gasteiger partial charge in [-0.1, -0.05) is 11.6 Å². The standard InChI is InChI=1S/C6H9ClN4/c1-5(8)2-3-6(9)11-10-4-7/h2-4,8H,1H3,(H2,9,11)/b3-2-,8-5?,10-4?. The molecule has 0 radical (unpaired) electrons. The van der Waals surface area contributed by atoms with Gasteiger partial charge in [-0.05, 0) is 19.1 Å². The Hall–Kier alpha value is -1.16. The van der Waals surface area contributed by atoms with Crippen LogP contribution in [0.15, 0.2) is 22.4 Å². The normalized spacial score (nSPS) is 13.1. The Bertz CT molecular complexity index is 217. The number of nitrogens with one attached hydrogen (secondary N) is 1. The lowest BCUT2D eigenvalue weighted by molar-refractivity contribution is 1.25. The predicted octanol–water partition coefficient (Wildman–Crippen LogP) is 1.12. The summed E-state index contributed by atoms with van der Waals surface area (Å²) >= 11 is 5.09. The molecule has 0 aromatic heterocycles. The van der Waals surface area contributed by atoms with Crippen LogP contribution < -0.4 is 5.73 Å². The summed E-state index contributed by atoms with van der Waals surface area (Å²) in [4.78, 5) is 0. The molecule has 3 N–H and O–H groups in total. The zero-order valence-corrected chi connectivity index (χ0v) is 6.84. The van der Waals surface area contributed by atoms with Gasteiger partial charge in [-0.2, -0.15) is 0 Å². The fourth-order valence-corrected chi connectivity index (χ4v) is 0.376. The molecule has 0 bridgehead atoms. The van der Waals surface area contributed by atoms with Crippen molar-refractivity contribution < 1.29 is 0 Å².